The molecule has 1 aliphatic rings. The lowest BCUT2D eigenvalue weighted by molar-refractivity contribution is -0.128. The van der Waals surface area contributed by atoms with E-state index in [9.17, 15) is 9.59 Å². The Morgan fingerprint density at radius 2 is 2.04 bits per heavy atom. The number of methoxy groups -OCH3 is 1. The van der Waals surface area contributed by atoms with Crippen molar-refractivity contribution in [2.24, 2.45) is 5.92 Å². The summed E-state index contributed by atoms with van der Waals surface area (Å²) in [5.74, 6) is 0.466. The van der Waals surface area contributed by atoms with E-state index in [4.69, 9.17) is 4.74 Å². The quantitative estimate of drug-likeness (QED) is 0.853. The van der Waals surface area contributed by atoms with Crippen LogP contribution in [0.15, 0.2) is 42.5 Å². The molecule has 0 saturated carbocycles. The second-order valence-corrected chi connectivity index (χ2v) is 7.15. The molecule has 1 saturated heterocycles. The Labute approximate surface area is 160 Å². The summed E-state index contributed by atoms with van der Waals surface area (Å²) in [6.45, 7) is 5.04. The van der Waals surface area contributed by atoms with Crippen LogP contribution in [-0.2, 0) is 16.0 Å². The van der Waals surface area contributed by atoms with Gasteiger partial charge in [-0.3, -0.25) is 9.59 Å². The summed E-state index contributed by atoms with van der Waals surface area (Å²) in [6, 6.07) is 13.8. The molecule has 142 valence electrons. The second-order valence-electron chi connectivity index (χ2n) is 7.15. The van der Waals surface area contributed by atoms with Crippen molar-refractivity contribution in [2.75, 3.05) is 25.5 Å². The minimum atomic E-state index is -0.303. The van der Waals surface area contributed by atoms with Crippen molar-refractivity contribution in [1.29, 1.82) is 0 Å². The number of carbonyl (C=O) groups is 2. The molecule has 3 rings (SSSR count). The molecule has 5 heteroatoms. The monoisotopic (exact) mass is 366 g/mol. The molecule has 1 heterocycles. The maximum Gasteiger partial charge on any atom is 0.229 e. The van der Waals surface area contributed by atoms with Crippen molar-refractivity contribution in [1.82, 2.24) is 4.90 Å². The molecule has 5 nitrogen and oxygen atoms in total. The Morgan fingerprint density at radius 3 is 2.81 bits per heavy atom. The zero-order chi connectivity index (χ0) is 19.4. The van der Waals surface area contributed by atoms with Crippen LogP contribution in [-0.4, -0.2) is 36.9 Å². The smallest absolute Gasteiger partial charge is 0.229 e. The molecule has 1 aliphatic heterocycles. The van der Waals surface area contributed by atoms with Gasteiger partial charge in [0.05, 0.1) is 13.0 Å². The third-order valence-electron chi connectivity index (χ3n) is 5.04. The first kappa shape index (κ1) is 19.0. The first-order valence-electron chi connectivity index (χ1n) is 9.25. The zero-order valence-electron chi connectivity index (χ0n) is 16.1. The highest BCUT2D eigenvalue weighted by atomic mass is 16.5. The fourth-order valence-electron chi connectivity index (χ4n) is 3.36. The van der Waals surface area contributed by atoms with E-state index in [0.29, 0.717) is 13.1 Å². The molecule has 2 amide bonds. The Bertz CT molecular complexity index is 847. The summed E-state index contributed by atoms with van der Waals surface area (Å²) in [5.41, 5.74) is 4.05. The van der Waals surface area contributed by atoms with Crippen molar-refractivity contribution in [3.05, 3.63) is 59.2 Å². The lowest BCUT2D eigenvalue weighted by atomic mass is 10.1. The SMILES string of the molecule is COc1cccc(CCN2CC(C(=O)Nc3cc(C)ccc3C)CC2=O)c1. The first-order valence-corrected chi connectivity index (χ1v) is 9.25. The number of carbonyl (C=O) groups excluding carboxylic acids is 2. The molecule has 0 aliphatic carbocycles. The molecule has 27 heavy (non-hydrogen) atoms. The number of hydrogen-bond acceptors (Lipinski definition) is 3. The van der Waals surface area contributed by atoms with E-state index in [1.54, 1.807) is 12.0 Å². The number of nitrogens with one attached hydrogen (secondary N) is 1. The summed E-state index contributed by atoms with van der Waals surface area (Å²) >= 11 is 0. The predicted octanol–water partition coefficient (Wildman–Crippen LogP) is 3.34. The number of rotatable bonds is 6. The van der Waals surface area contributed by atoms with Gasteiger partial charge in [-0.05, 0) is 55.2 Å². The molecule has 0 spiro atoms. The van der Waals surface area contributed by atoms with E-state index in [2.05, 4.69) is 5.32 Å². The van der Waals surface area contributed by atoms with Crippen LogP contribution in [0.2, 0.25) is 0 Å². The van der Waals surface area contributed by atoms with Gasteiger partial charge in [0.1, 0.15) is 5.75 Å². The molecular formula is C22H26N2O3. The maximum absolute atomic E-state index is 12.6. The molecule has 1 fully saturated rings. The third-order valence-corrected chi connectivity index (χ3v) is 5.04. The van der Waals surface area contributed by atoms with Gasteiger partial charge in [0.15, 0.2) is 0 Å². The third kappa shape index (κ3) is 4.67. The minimum Gasteiger partial charge on any atom is -0.497 e. The van der Waals surface area contributed by atoms with Crippen LogP contribution in [0, 0.1) is 19.8 Å². The Hall–Kier alpha value is -2.82. The summed E-state index contributed by atoms with van der Waals surface area (Å²) in [5, 5.41) is 2.99. The van der Waals surface area contributed by atoms with E-state index in [1.165, 1.54) is 0 Å². The van der Waals surface area contributed by atoms with Gasteiger partial charge in [-0.1, -0.05) is 24.3 Å². The molecule has 1 N–H and O–H groups in total. The fraction of sp³-hybridized carbons (Fsp3) is 0.364. The van der Waals surface area contributed by atoms with Crippen molar-refractivity contribution < 1.29 is 14.3 Å². The summed E-state index contributed by atoms with van der Waals surface area (Å²) in [6.07, 6.45) is 1.02. The molecule has 1 unspecified atom stereocenters. The number of hydrogen-bond donors (Lipinski definition) is 1. The number of likely N-dealkylation sites (tertiary alicyclic amines) is 1. The summed E-state index contributed by atoms with van der Waals surface area (Å²) in [4.78, 5) is 26.7. The van der Waals surface area contributed by atoms with Crippen LogP contribution in [0.25, 0.3) is 0 Å². The number of aryl methyl sites for hydroxylation is 2. The van der Waals surface area contributed by atoms with Crippen LogP contribution in [0.4, 0.5) is 5.69 Å². The number of anilines is 1. The number of amides is 2. The largest absolute Gasteiger partial charge is 0.497 e. The Kier molecular flexibility index (Phi) is 5.79. The van der Waals surface area contributed by atoms with Gasteiger partial charge < -0.3 is 15.0 Å². The average molecular weight is 366 g/mol. The molecule has 1 atom stereocenters. The molecule has 2 aromatic carbocycles. The summed E-state index contributed by atoms with van der Waals surface area (Å²) in [7, 11) is 1.64. The van der Waals surface area contributed by atoms with Gasteiger partial charge in [0.2, 0.25) is 11.8 Å². The molecule has 0 radical (unpaired) electrons. The second kappa shape index (κ2) is 8.25. The Morgan fingerprint density at radius 1 is 1.22 bits per heavy atom. The van der Waals surface area contributed by atoms with Gasteiger partial charge >= 0.3 is 0 Å². The number of benzene rings is 2. The van der Waals surface area contributed by atoms with E-state index in [-0.39, 0.29) is 24.2 Å². The fourth-order valence-corrected chi connectivity index (χ4v) is 3.36. The van der Waals surface area contributed by atoms with E-state index in [1.807, 2.05) is 56.3 Å². The molecule has 2 aromatic rings. The topological polar surface area (TPSA) is 58.6 Å². The number of nitrogens with zero attached hydrogens (tertiary/aromatic N) is 1. The highest BCUT2D eigenvalue weighted by Gasteiger charge is 2.34. The predicted molar refractivity (Wildman–Crippen MR) is 106 cm³/mol. The molecule has 0 aromatic heterocycles. The van der Waals surface area contributed by atoms with Crippen molar-refractivity contribution in [3.63, 3.8) is 0 Å². The van der Waals surface area contributed by atoms with Crippen molar-refractivity contribution in [3.8, 4) is 5.75 Å². The maximum atomic E-state index is 12.6. The highest BCUT2D eigenvalue weighted by molar-refractivity contribution is 5.97. The lowest BCUT2D eigenvalue weighted by Crippen LogP contribution is -2.30. The van der Waals surface area contributed by atoms with Crippen LogP contribution in [0.1, 0.15) is 23.1 Å². The van der Waals surface area contributed by atoms with Crippen LogP contribution >= 0.6 is 0 Å². The standard InChI is InChI=1S/C22H26N2O3/c1-15-7-8-16(2)20(11-15)23-22(26)18-13-21(25)24(14-18)10-9-17-5-4-6-19(12-17)27-3/h4-8,11-12,18H,9-10,13-14H2,1-3H3,(H,23,26). The van der Waals surface area contributed by atoms with Gasteiger partial charge in [-0.2, -0.15) is 0 Å². The van der Waals surface area contributed by atoms with Crippen LogP contribution < -0.4 is 10.1 Å². The van der Waals surface area contributed by atoms with Gasteiger partial charge in [-0.25, -0.2) is 0 Å². The first-order chi connectivity index (χ1) is 13.0. The van der Waals surface area contributed by atoms with E-state index >= 15 is 0 Å². The summed E-state index contributed by atoms with van der Waals surface area (Å²) < 4.78 is 5.24. The lowest BCUT2D eigenvalue weighted by Gasteiger charge is -2.17. The molecule has 0 bridgehead atoms. The van der Waals surface area contributed by atoms with Gasteiger partial charge in [0.25, 0.3) is 0 Å². The molecular weight excluding hydrogens is 340 g/mol. The van der Waals surface area contributed by atoms with Gasteiger partial charge in [-0.15, -0.1) is 0 Å². The van der Waals surface area contributed by atoms with Crippen LogP contribution in [0.5, 0.6) is 5.75 Å². The Balaban J connectivity index is 1.57. The van der Waals surface area contributed by atoms with Gasteiger partial charge in [0, 0.05) is 25.2 Å². The highest BCUT2D eigenvalue weighted by Crippen LogP contribution is 2.23. The minimum absolute atomic E-state index is 0.0408. The van der Waals surface area contributed by atoms with Crippen molar-refractivity contribution in [2.45, 2.75) is 26.7 Å². The van der Waals surface area contributed by atoms with Crippen molar-refractivity contribution >= 4 is 17.5 Å². The zero-order valence-corrected chi connectivity index (χ0v) is 16.1. The van der Waals surface area contributed by atoms with E-state index in [0.717, 1.165) is 34.5 Å². The average Bonchev–Trinajstić information content (AvgIpc) is 3.04. The van der Waals surface area contributed by atoms with E-state index < -0.39 is 0 Å². The number of ether oxygens (including phenoxy) is 1. The normalized spacial score (nSPS) is 16.5. The van der Waals surface area contributed by atoms with Crippen LogP contribution in [0.3, 0.4) is 0 Å².